The van der Waals surface area contributed by atoms with Gasteiger partial charge in [-0.2, -0.15) is 0 Å². The molecule has 5 heteroatoms. The van der Waals surface area contributed by atoms with Crippen molar-refractivity contribution in [1.82, 2.24) is 10.2 Å². The zero-order valence-electron chi connectivity index (χ0n) is 11.6. The van der Waals surface area contributed by atoms with E-state index in [1.807, 2.05) is 7.05 Å². The average molecular weight is 430 g/mol. The second-order valence-electron chi connectivity index (χ2n) is 5.15. The van der Waals surface area contributed by atoms with E-state index in [0.29, 0.717) is 0 Å². The first-order valence-corrected chi connectivity index (χ1v) is 7.11. The number of hydrogen-bond acceptors (Lipinski definition) is 1. The molecule has 1 aliphatic rings. The van der Waals surface area contributed by atoms with Gasteiger partial charge in [0.2, 0.25) is 0 Å². The smallest absolute Gasteiger partial charge is 0.193 e. The summed E-state index contributed by atoms with van der Waals surface area (Å²) in [6.07, 6.45) is 2.60. The van der Waals surface area contributed by atoms with Gasteiger partial charge >= 0.3 is 0 Å². The van der Waals surface area contributed by atoms with E-state index in [1.165, 1.54) is 12.8 Å². The maximum Gasteiger partial charge on any atom is 0.193 e. The number of likely N-dealkylation sites (tertiary alicyclic amines) is 1. The van der Waals surface area contributed by atoms with Crippen molar-refractivity contribution < 1.29 is 0 Å². The van der Waals surface area contributed by atoms with Crippen LogP contribution in [0.1, 0.15) is 26.7 Å². The van der Waals surface area contributed by atoms with E-state index in [-0.39, 0.29) is 24.0 Å². The summed E-state index contributed by atoms with van der Waals surface area (Å²) >= 11 is 3.35. The number of halogens is 2. The highest BCUT2D eigenvalue weighted by Gasteiger charge is 2.25. The predicted octanol–water partition coefficient (Wildman–Crippen LogP) is 3.46. The van der Waals surface area contributed by atoms with E-state index in [2.05, 4.69) is 51.6 Å². The molecule has 1 saturated heterocycles. The second-order valence-corrected chi connectivity index (χ2v) is 6.27. The molecular weight excluding hydrogens is 405 g/mol. The van der Waals surface area contributed by atoms with Crippen LogP contribution in [-0.2, 0) is 0 Å². The van der Waals surface area contributed by atoms with Crippen molar-refractivity contribution in [2.45, 2.75) is 26.7 Å². The molecule has 0 aromatic rings. The van der Waals surface area contributed by atoms with Crippen molar-refractivity contribution in [2.75, 3.05) is 26.7 Å². The highest BCUT2D eigenvalue weighted by atomic mass is 127. The van der Waals surface area contributed by atoms with E-state index >= 15 is 0 Å². The topological polar surface area (TPSA) is 27.6 Å². The first-order valence-electron chi connectivity index (χ1n) is 6.31. The number of guanidine groups is 1. The largest absolute Gasteiger partial charge is 0.352 e. The van der Waals surface area contributed by atoms with E-state index < -0.39 is 0 Å². The van der Waals surface area contributed by atoms with E-state index in [4.69, 9.17) is 0 Å². The fourth-order valence-electron chi connectivity index (χ4n) is 2.39. The summed E-state index contributed by atoms with van der Waals surface area (Å²) in [6.45, 7) is 11.4. The zero-order chi connectivity index (χ0) is 12.8. The third kappa shape index (κ3) is 6.41. The van der Waals surface area contributed by atoms with Gasteiger partial charge in [-0.25, -0.2) is 0 Å². The monoisotopic (exact) mass is 429 g/mol. The molecule has 1 aliphatic heterocycles. The molecule has 0 aliphatic carbocycles. The zero-order valence-corrected chi connectivity index (χ0v) is 15.5. The molecule has 0 radical (unpaired) electrons. The number of rotatable bonds is 4. The molecule has 1 atom stereocenters. The summed E-state index contributed by atoms with van der Waals surface area (Å²) in [6, 6.07) is 0. The van der Waals surface area contributed by atoms with Gasteiger partial charge < -0.3 is 10.2 Å². The average Bonchev–Trinajstić information content (AvgIpc) is 2.66. The lowest BCUT2D eigenvalue weighted by atomic mass is 9.97. The van der Waals surface area contributed by atoms with Crippen LogP contribution in [0.15, 0.2) is 16.1 Å². The van der Waals surface area contributed by atoms with Crippen molar-refractivity contribution in [3.05, 3.63) is 11.1 Å². The predicted molar refractivity (Wildman–Crippen MR) is 94.0 cm³/mol. The molecule has 0 aromatic heterocycles. The van der Waals surface area contributed by atoms with Crippen molar-refractivity contribution in [2.24, 2.45) is 16.8 Å². The third-order valence-corrected chi connectivity index (χ3v) is 3.32. The molecule has 1 fully saturated rings. The van der Waals surface area contributed by atoms with Crippen LogP contribution < -0.4 is 5.32 Å². The first kappa shape index (κ1) is 18.2. The molecule has 1 heterocycles. The van der Waals surface area contributed by atoms with Crippen LogP contribution in [0.5, 0.6) is 0 Å². The summed E-state index contributed by atoms with van der Waals surface area (Å²) in [4.78, 5) is 6.68. The van der Waals surface area contributed by atoms with Crippen LogP contribution in [0.3, 0.4) is 0 Å². The van der Waals surface area contributed by atoms with Crippen molar-refractivity contribution in [3.8, 4) is 0 Å². The molecule has 1 rings (SSSR count). The Kier molecular flexibility index (Phi) is 9.29. The molecule has 0 spiro atoms. The molecule has 1 N–H and O–H groups in total. The lowest BCUT2D eigenvalue weighted by Gasteiger charge is -2.22. The molecular formula is C13H25BrIN3. The standard InChI is InChI=1S/C13H24BrN3.HI/c1-10(2)7-12-5-6-17(9-12)13(15-4)16-8-11(3)14;/h10,12H,3,5-9H2,1-2,4H3,(H,15,16);1H. The van der Waals surface area contributed by atoms with Crippen molar-refractivity contribution in [3.63, 3.8) is 0 Å². The van der Waals surface area contributed by atoms with Crippen LogP contribution in [-0.4, -0.2) is 37.5 Å². The third-order valence-electron chi connectivity index (χ3n) is 3.04. The van der Waals surface area contributed by atoms with Gasteiger partial charge in [0.25, 0.3) is 0 Å². The van der Waals surface area contributed by atoms with Crippen LogP contribution in [0.2, 0.25) is 0 Å². The fourth-order valence-corrected chi connectivity index (χ4v) is 2.53. The minimum atomic E-state index is 0. The summed E-state index contributed by atoms with van der Waals surface area (Å²) in [5.74, 6) is 2.61. The van der Waals surface area contributed by atoms with E-state index in [0.717, 1.165) is 41.9 Å². The normalized spacial score (nSPS) is 19.9. The minimum absolute atomic E-state index is 0. The van der Waals surface area contributed by atoms with Gasteiger partial charge in [0.1, 0.15) is 0 Å². The van der Waals surface area contributed by atoms with E-state index in [9.17, 15) is 0 Å². The molecule has 0 bridgehead atoms. The van der Waals surface area contributed by atoms with Gasteiger partial charge in [-0.15, -0.1) is 24.0 Å². The van der Waals surface area contributed by atoms with Crippen molar-refractivity contribution in [1.29, 1.82) is 0 Å². The van der Waals surface area contributed by atoms with E-state index in [1.54, 1.807) is 0 Å². The lowest BCUT2D eigenvalue weighted by molar-refractivity contribution is 0.404. The maximum atomic E-state index is 4.33. The summed E-state index contributed by atoms with van der Waals surface area (Å²) in [7, 11) is 1.84. The maximum absolute atomic E-state index is 4.33. The van der Waals surface area contributed by atoms with Gasteiger partial charge in [-0.05, 0) is 24.7 Å². The summed E-state index contributed by atoms with van der Waals surface area (Å²) in [5, 5.41) is 3.31. The minimum Gasteiger partial charge on any atom is -0.352 e. The fraction of sp³-hybridized carbons (Fsp3) is 0.769. The lowest BCUT2D eigenvalue weighted by Crippen LogP contribution is -2.40. The molecule has 1 unspecified atom stereocenters. The molecule has 0 amide bonds. The number of aliphatic imine (C=N–C) groups is 1. The highest BCUT2D eigenvalue weighted by molar-refractivity contribution is 14.0. The second kappa shape index (κ2) is 9.18. The van der Waals surface area contributed by atoms with Crippen molar-refractivity contribution >= 4 is 45.9 Å². The Hall–Kier alpha value is 0.220. The van der Waals surface area contributed by atoms with Crippen LogP contribution in [0.25, 0.3) is 0 Å². The highest BCUT2D eigenvalue weighted by Crippen LogP contribution is 2.23. The summed E-state index contributed by atoms with van der Waals surface area (Å²) in [5.41, 5.74) is 0. The molecule has 18 heavy (non-hydrogen) atoms. The van der Waals surface area contributed by atoms with Crippen LogP contribution in [0.4, 0.5) is 0 Å². The summed E-state index contributed by atoms with van der Waals surface area (Å²) < 4.78 is 0.955. The number of hydrogen-bond donors (Lipinski definition) is 1. The Morgan fingerprint density at radius 3 is 2.72 bits per heavy atom. The molecule has 0 aromatic carbocycles. The number of nitrogens with one attached hydrogen (secondary N) is 1. The van der Waals surface area contributed by atoms with Crippen LogP contribution in [0, 0.1) is 11.8 Å². The van der Waals surface area contributed by atoms with Gasteiger partial charge in [-0.1, -0.05) is 36.4 Å². The Morgan fingerprint density at radius 1 is 1.56 bits per heavy atom. The quantitative estimate of drug-likeness (QED) is 0.421. The Labute approximate surface area is 137 Å². The van der Waals surface area contributed by atoms with Gasteiger partial charge in [-0.3, -0.25) is 4.99 Å². The molecule has 0 saturated carbocycles. The van der Waals surface area contributed by atoms with Gasteiger partial charge in [0.15, 0.2) is 5.96 Å². The Morgan fingerprint density at radius 2 is 2.22 bits per heavy atom. The van der Waals surface area contributed by atoms with Crippen LogP contribution >= 0.6 is 39.9 Å². The first-order chi connectivity index (χ1) is 8.02. The Bertz CT molecular complexity index is 292. The SMILES string of the molecule is C=C(Br)CNC(=NC)N1CCC(CC(C)C)C1.I. The van der Waals surface area contributed by atoms with Gasteiger partial charge in [0, 0.05) is 31.2 Å². The molecule has 106 valence electrons. The van der Waals surface area contributed by atoms with Gasteiger partial charge in [0.05, 0.1) is 0 Å². The Balaban J connectivity index is 0.00000289. The number of nitrogens with zero attached hydrogens (tertiary/aromatic N) is 2. The molecule has 3 nitrogen and oxygen atoms in total.